The van der Waals surface area contributed by atoms with E-state index in [1.165, 1.54) is 11.8 Å². The number of carbonyl (C=O) groups is 2. The van der Waals surface area contributed by atoms with Gasteiger partial charge in [0.15, 0.2) is 0 Å². The Bertz CT molecular complexity index is 368. The lowest BCUT2D eigenvalue weighted by Crippen LogP contribution is -2.42. The predicted molar refractivity (Wildman–Crippen MR) is 81.1 cm³/mol. The fourth-order valence-electron chi connectivity index (χ4n) is 2.58. The summed E-state index contributed by atoms with van der Waals surface area (Å²) in [4.78, 5) is 27.4. The van der Waals surface area contributed by atoms with E-state index in [9.17, 15) is 14.7 Å². The lowest BCUT2D eigenvalue weighted by atomic mass is 9.82. The topological polar surface area (TPSA) is 70.1 Å². The summed E-state index contributed by atoms with van der Waals surface area (Å²) in [6.07, 6.45) is 1.40. The van der Waals surface area contributed by atoms with Crippen molar-refractivity contribution >= 4 is 23.6 Å². The van der Waals surface area contributed by atoms with Crippen LogP contribution in [0.5, 0.6) is 0 Å². The molecule has 0 aromatic heterocycles. The fraction of sp³-hybridized carbons (Fsp3) is 0.857. The summed E-state index contributed by atoms with van der Waals surface area (Å²) in [6, 6.07) is 0. The van der Waals surface area contributed by atoms with Crippen molar-refractivity contribution < 1.29 is 19.4 Å². The summed E-state index contributed by atoms with van der Waals surface area (Å²) in [6.45, 7) is 3.21. The molecule has 1 heterocycles. The number of rotatable bonds is 6. The van der Waals surface area contributed by atoms with Crippen LogP contribution in [0.2, 0.25) is 0 Å². The number of hydrogen-bond donors (Lipinski definition) is 1. The van der Waals surface area contributed by atoms with Crippen LogP contribution in [-0.2, 0) is 14.3 Å². The molecule has 1 saturated heterocycles. The van der Waals surface area contributed by atoms with E-state index in [2.05, 4.69) is 0 Å². The Hall–Kier alpha value is -0.790. The molecule has 0 aromatic rings. The maximum absolute atomic E-state index is 12.0. The Morgan fingerprint density at radius 2 is 1.95 bits per heavy atom. The molecule has 1 aliphatic carbocycles. The number of morpholine rings is 1. The van der Waals surface area contributed by atoms with E-state index in [-0.39, 0.29) is 17.9 Å². The Labute approximate surface area is 129 Å². The number of aliphatic hydroxyl groups excluding tert-OH is 1. The molecule has 0 radical (unpaired) electrons. The fourth-order valence-corrected chi connectivity index (χ4v) is 3.43. The highest BCUT2D eigenvalue weighted by molar-refractivity contribution is 8.00. The van der Waals surface area contributed by atoms with Gasteiger partial charge < -0.3 is 19.6 Å². The zero-order chi connectivity index (χ0) is 15.2. The Kier molecular flexibility index (Phi) is 6.32. The summed E-state index contributed by atoms with van der Waals surface area (Å²) < 4.78 is 5.21. The third kappa shape index (κ3) is 5.16. The number of nitrogens with zero attached hydrogens (tertiary/aromatic N) is 2. The van der Waals surface area contributed by atoms with E-state index >= 15 is 0 Å². The molecular formula is C14H24N2O4S. The highest BCUT2D eigenvalue weighted by Gasteiger charge is 2.29. The minimum Gasteiger partial charge on any atom is -0.393 e. The highest BCUT2D eigenvalue weighted by atomic mass is 32.2. The first kappa shape index (κ1) is 16.6. The van der Waals surface area contributed by atoms with Crippen LogP contribution in [0.25, 0.3) is 0 Å². The first-order valence-corrected chi connectivity index (χ1v) is 8.57. The third-order valence-electron chi connectivity index (χ3n) is 3.98. The van der Waals surface area contributed by atoms with Gasteiger partial charge in [-0.15, -0.1) is 11.8 Å². The molecule has 7 heteroatoms. The maximum Gasteiger partial charge on any atom is 0.232 e. The van der Waals surface area contributed by atoms with Crippen molar-refractivity contribution in [3.63, 3.8) is 0 Å². The summed E-state index contributed by atoms with van der Waals surface area (Å²) in [5.41, 5.74) is 0. The van der Waals surface area contributed by atoms with Gasteiger partial charge in [0.05, 0.1) is 30.8 Å². The average Bonchev–Trinajstić information content (AvgIpc) is 2.46. The van der Waals surface area contributed by atoms with Crippen molar-refractivity contribution in [2.75, 3.05) is 51.4 Å². The van der Waals surface area contributed by atoms with E-state index in [4.69, 9.17) is 4.74 Å². The predicted octanol–water partition coefficient (Wildman–Crippen LogP) is -0.192. The number of amides is 2. The minimum absolute atomic E-state index is 0.0520. The van der Waals surface area contributed by atoms with Crippen molar-refractivity contribution in [2.45, 2.75) is 18.9 Å². The number of thioether (sulfide) groups is 1. The van der Waals surface area contributed by atoms with Gasteiger partial charge >= 0.3 is 0 Å². The molecule has 0 aromatic carbocycles. The molecule has 1 aliphatic heterocycles. The highest BCUT2D eigenvalue weighted by Crippen LogP contribution is 2.27. The van der Waals surface area contributed by atoms with Crippen molar-refractivity contribution in [3.05, 3.63) is 0 Å². The number of ether oxygens (including phenoxy) is 1. The minimum atomic E-state index is -0.181. The maximum atomic E-state index is 12.0. The van der Waals surface area contributed by atoms with E-state index in [0.717, 1.165) is 12.8 Å². The van der Waals surface area contributed by atoms with E-state index < -0.39 is 0 Å². The SMILES string of the molecule is CN(CC1CC(O)C1)C(=O)CSCC(=O)N1CCOCC1. The molecular weight excluding hydrogens is 292 g/mol. The van der Waals surface area contributed by atoms with Gasteiger partial charge in [0.2, 0.25) is 11.8 Å². The standard InChI is InChI=1S/C14H24N2O4S/c1-15(8-11-6-12(17)7-11)13(18)9-21-10-14(19)16-2-4-20-5-3-16/h11-12,17H,2-10H2,1H3. The molecule has 120 valence electrons. The zero-order valence-electron chi connectivity index (χ0n) is 12.5. The molecule has 1 N–H and O–H groups in total. The lowest BCUT2D eigenvalue weighted by Gasteiger charge is -2.34. The van der Waals surface area contributed by atoms with Crippen LogP contribution in [0.15, 0.2) is 0 Å². The number of hydrogen-bond acceptors (Lipinski definition) is 5. The first-order chi connectivity index (χ1) is 10.1. The molecule has 0 atom stereocenters. The number of carbonyl (C=O) groups excluding carboxylic acids is 2. The van der Waals surface area contributed by atoms with Gasteiger partial charge in [0.1, 0.15) is 0 Å². The smallest absolute Gasteiger partial charge is 0.232 e. The zero-order valence-corrected chi connectivity index (χ0v) is 13.3. The summed E-state index contributed by atoms with van der Waals surface area (Å²) in [5, 5.41) is 9.24. The molecule has 0 spiro atoms. The molecule has 2 rings (SSSR count). The molecule has 2 aliphatic rings. The van der Waals surface area contributed by atoms with Gasteiger partial charge in [-0.1, -0.05) is 0 Å². The number of aliphatic hydroxyl groups is 1. The van der Waals surface area contributed by atoms with Gasteiger partial charge in [-0.3, -0.25) is 9.59 Å². The molecule has 6 nitrogen and oxygen atoms in total. The second kappa shape index (κ2) is 8.00. The summed E-state index contributed by atoms with van der Waals surface area (Å²) in [7, 11) is 1.79. The molecule has 1 saturated carbocycles. The van der Waals surface area contributed by atoms with Crippen LogP contribution in [-0.4, -0.2) is 84.2 Å². The van der Waals surface area contributed by atoms with E-state index in [1.54, 1.807) is 16.8 Å². The summed E-state index contributed by atoms with van der Waals surface area (Å²) in [5.74, 6) is 1.25. The van der Waals surface area contributed by atoms with Crippen molar-refractivity contribution in [1.82, 2.24) is 9.80 Å². The largest absolute Gasteiger partial charge is 0.393 e. The van der Waals surface area contributed by atoms with Gasteiger partial charge in [-0.05, 0) is 18.8 Å². The van der Waals surface area contributed by atoms with Gasteiger partial charge in [0, 0.05) is 26.7 Å². The first-order valence-electron chi connectivity index (χ1n) is 7.41. The normalized spacial score (nSPS) is 25.3. The van der Waals surface area contributed by atoms with Gasteiger partial charge in [-0.2, -0.15) is 0 Å². The van der Waals surface area contributed by atoms with Crippen LogP contribution in [0.1, 0.15) is 12.8 Å². The molecule has 21 heavy (non-hydrogen) atoms. The molecule has 2 fully saturated rings. The molecule has 0 bridgehead atoms. The van der Waals surface area contributed by atoms with Crippen molar-refractivity contribution in [2.24, 2.45) is 5.92 Å². The van der Waals surface area contributed by atoms with Crippen LogP contribution >= 0.6 is 11.8 Å². The van der Waals surface area contributed by atoms with Gasteiger partial charge in [-0.25, -0.2) is 0 Å². The third-order valence-corrected chi connectivity index (χ3v) is 4.89. The van der Waals surface area contributed by atoms with Crippen LogP contribution in [0, 0.1) is 5.92 Å². The molecule has 2 amide bonds. The van der Waals surface area contributed by atoms with Crippen molar-refractivity contribution in [3.8, 4) is 0 Å². The quantitative estimate of drug-likeness (QED) is 0.735. The van der Waals surface area contributed by atoms with E-state index in [0.29, 0.717) is 50.3 Å². The Morgan fingerprint density at radius 3 is 2.57 bits per heavy atom. The van der Waals surface area contributed by atoms with Gasteiger partial charge in [0.25, 0.3) is 0 Å². The lowest BCUT2D eigenvalue weighted by molar-refractivity contribution is -0.132. The Morgan fingerprint density at radius 1 is 1.29 bits per heavy atom. The summed E-state index contributed by atoms with van der Waals surface area (Å²) >= 11 is 1.37. The van der Waals surface area contributed by atoms with E-state index in [1.807, 2.05) is 0 Å². The second-order valence-electron chi connectivity index (χ2n) is 5.75. The Balaban J connectivity index is 1.58. The average molecular weight is 316 g/mol. The monoisotopic (exact) mass is 316 g/mol. The van der Waals surface area contributed by atoms with Crippen LogP contribution in [0.4, 0.5) is 0 Å². The van der Waals surface area contributed by atoms with Crippen LogP contribution < -0.4 is 0 Å². The molecule has 0 unspecified atom stereocenters. The second-order valence-corrected chi connectivity index (χ2v) is 6.74. The van der Waals surface area contributed by atoms with Crippen molar-refractivity contribution in [1.29, 1.82) is 0 Å². The van der Waals surface area contributed by atoms with Crippen LogP contribution in [0.3, 0.4) is 0 Å².